The van der Waals surface area contributed by atoms with Crippen molar-refractivity contribution in [1.29, 1.82) is 0 Å². The minimum atomic E-state index is -0.201. The molecule has 0 spiro atoms. The minimum absolute atomic E-state index is 0.201. The zero-order valence-electron chi connectivity index (χ0n) is 19.1. The second-order valence-corrected chi connectivity index (χ2v) is 8.48. The van der Waals surface area contributed by atoms with E-state index in [9.17, 15) is 4.79 Å². The van der Waals surface area contributed by atoms with Crippen LogP contribution in [-0.2, 0) is 4.74 Å². The fourth-order valence-corrected chi connectivity index (χ4v) is 4.36. The normalized spacial score (nSPS) is 14.6. The van der Waals surface area contributed by atoms with Crippen LogP contribution in [0.5, 0.6) is 0 Å². The molecule has 0 unspecified atom stereocenters. The molecule has 1 aliphatic carbocycles. The summed E-state index contributed by atoms with van der Waals surface area (Å²) in [5, 5.41) is 2.91. The maximum absolute atomic E-state index is 12.6. The average Bonchev–Trinajstić information content (AvgIpc) is 3.47. The number of nitrogens with zero attached hydrogens (tertiary/aromatic N) is 2. The molecule has 4 rings (SSSR count). The Bertz CT molecular complexity index is 1010. The number of carbonyl (C=O) groups excluding carboxylic acids is 1. The molecular formula is C26H33N3O3. The summed E-state index contributed by atoms with van der Waals surface area (Å²) in [5.41, 5.74) is 4.12. The number of carbonyl (C=O) groups is 1. The van der Waals surface area contributed by atoms with Crippen LogP contribution in [0.1, 0.15) is 67.6 Å². The van der Waals surface area contributed by atoms with Crippen LogP contribution in [0, 0.1) is 6.92 Å². The number of hydrogen-bond acceptors (Lipinski definition) is 4. The van der Waals surface area contributed by atoms with Gasteiger partial charge in [-0.2, -0.15) is 0 Å². The van der Waals surface area contributed by atoms with Gasteiger partial charge >= 0.3 is 0 Å². The second kappa shape index (κ2) is 10.6. The summed E-state index contributed by atoms with van der Waals surface area (Å²) in [5.74, 6) is 0.805. The third-order valence-electron chi connectivity index (χ3n) is 6.11. The van der Waals surface area contributed by atoms with Gasteiger partial charge in [0.1, 0.15) is 5.69 Å². The Labute approximate surface area is 190 Å². The summed E-state index contributed by atoms with van der Waals surface area (Å²) in [6.07, 6.45) is 8.76. The van der Waals surface area contributed by atoms with Crippen LogP contribution in [0.2, 0.25) is 0 Å². The van der Waals surface area contributed by atoms with E-state index < -0.39 is 0 Å². The fourth-order valence-electron chi connectivity index (χ4n) is 4.36. The first-order chi connectivity index (χ1) is 15.7. The molecule has 6 nitrogen and oxygen atoms in total. The summed E-state index contributed by atoms with van der Waals surface area (Å²) in [4.78, 5) is 17.4. The van der Waals surface area contributed by atoms with E-state index >= 15 is 0 Å². The molecule has 0 aliphatic heterocycles. The predicted molar refractivity (Wildman–Crippen MR) is 126 cm³/mol. The lowest BCUT2D eigenvalue weighted by Gasteiger charge is -2.24. The van der Waals surface area contributed by atoms with Crippen LogP contribution in [0.4, 0.5) is 0 Å². The molecule has 1 N–H and O–H groups in total. The van der Waals surface area contributed by atoms with E-state index in [1.807, 2.05) is 19.3 Å². The van der Waals surface area contributed by atoms with Crippen molar-refractivity contribution in [2.45, 2.75) is 58.4 Å². The molecule has 6 heteroatoms. The molecule has 32 heavy (non-hydrogen) atoms. The van der Waals surface area contributed by atoms with E-state index in [1.165, 1.54) is 24.8 Å². The van der Waals surface area contributed by atoms with Gasteiger partial charge in [-0.15, -0.1) is 0 Å². The molecule has 1 amide bonds. The highest BCUT2D eigenvalue weighted by molar-refractivity contribution is 5.92. The molecule has 0 atom stereocenters. The van der Waals surface area contributed by atoms with Gasteiger partial charge in [0.25, 0.3) is 5.91 Å². The number of amides is 1. The number of nitrogens with one attached hydrogen (secondary N) is 1. The highest BCUT2D eigenvalue weighted by atomic mass is 16.5. The van der Waals surface area contributed by atoms with Crippen LogP contribution in [0.25, 0.3) is 22.7 Å². The molecule has 0 saturated heterocycles. The lowest BCUT2D eigenvalue weighted by Crippen LogP contribution is -2.24. The van der Waals surface area contributed by atoms with Gasteiger partial charge in [-0.05, 0) is 45.2 Å². The number of aryl methyl sites for hydroxylation is 1. The van der Waals surface area contributed by atoms with Crippen molar-refractivity contribution in [2.75, 3.05) is 19.8 Å². The Balaban J connectivity index is 1.60. The van der Waals surface area contributed by atoms with Crippen LogP contribution in [-0.4, -0.2) is 35.2 Å². The summed E-state index contributed by atoms with van der Waals surface area (Å²) in [6.45, 7) is 5.93. The van der Waals surface area contributed by atoms with E-state index in [4.69, 9.17) is 14.1 Å². The highest BCUT2D eigenvalue weighted by Crippen LogP contribution is 2.38. The van der Waals surface area contributed by atoms with E-state index in [0.717, 1.165) is 36.2 Å². The number of hydrogen-bond donors (Lipinski definition) is 1. The first-order valence-corrected chi connectivity index (χ1v) is 11.8. The van der Waals surface area contributed by atoms with Crippen molar-refractivity contribution >= 4 is 5.91 Å². The Morgan fingerprint density at radius 3 is 2.69 bits per heavy atom. The SMILES string of the molecule is CCOCCCNC(=O)c1ccc(-c2c(-c3ccc(C)cc3)ncn2C2CCCCC2)o1. The van der Waals surface area contributed by atoms with E-state index in [0.29, 0.717) is 37.3 Å². The number of furan rings is 1. The fraction of sp³-hybridized carbons (Fsp3) is 0.462. The molecule has 1 aliphatic rings. The number of ether oxygens (including phenoxy) is 1. The highest BCUT2D eigenvalue weighted by Gasteiger charge is 2.25. The second-order valence-electron chi connectivity index (χ2n) is 8.48. The molecule has 2 heterocycles. The van der Waals surface area contributed by atoms with E-state index in [2.05, 4.69) is 41.1 Å². The standard InChI is InChI=1S/C26H33N3O3/c1-3-31-17-7-16-27-26(30)23-15-14-22(32-23)25-24(20-12-10-19(2)11-13-20)28-18-29(25)21-8-5-4-6-9-21/h10-15,18,21H,3-9,16-17H2,1-2H3,(H,27,30). The first-order valence-electron chi connectivity index (χ1n) is 11.8. The van der Waals surface area contributed by atoms with Gasteiger partial charge < -0.3 is 19.0 Å². The third kappa shape index (κ3) is 5.13. The monoisotopic (exact) mass is 435 g/mol. The summed E-state index contributed by atoms with van der Waals surface area (Å²) in [7, 11) is 0. The Hall–Kier alpha value is -2.86. The van der Waals surface area contributed by atoms with Crippen molar-refractivity contribution in [3.05, 3.63) is 54.0 Å². The van der Waals surface area contributed by atoms with Crippen LogP contribution >= 0.6 is 0 Å². The van der Waals surface area contributed by atoms with Crippen molar-refractivity contribution in [3.63, 3.8) is 0 Å². The van der Waals surface area contributed by atoms with Gasteiger partial charge in [0, 0.05) is 31.4 Å². The van der Waals surface area contributed by atoms with Crippen molar-refractivity contribution in [2.24, 2.45) is 0 Å². The van der Waals surface area contributed by atoms with Gasteiger partial charge in [-0.25, -0.2) is 4.98 Å². The van der Waals surface area contributed by atoms with Gasteiger partial charge in [0.2, 0.25) is 0 Å². The molecule has 2 aromatic heterocycles. The topological polar surface area (TPSA) is 69.3 Å². The molecule has 1 aromatic carbocycles. The third-order valence-corrected chi connectivity index (χ3v) is 6.11. The molecule has 0 bridgehead atoms. The minimum Gasteiger partial charge on any atom is -0.449 e. The molecule has 3 aromatic rings. The number of imidazole rings is 1. The molecule has 1 saturated carbocycles. The van der Waals surface area contributed by atoms with Crippen molar-refractivity contribution < 1.29 is 13.9 Å². The zero-order chi connectivity index (χ0) is 22.3. The van der Waals surface area contributed by atoms with Gasteiger partial charge in [0.05, 0.1) is 12.0 Å². The first kappa shape index (κ1) is 22.3. The van der Waals surface area contributed by atoms with Crippen molar-refractivity contribution in [1.82, 2.24) is 14.9 Å². The molecule has 0 radical (unpaired) electrons. The Kier molecular flexibility index (Phi) is 7.43. The van der Waals surface area contributed by atoms with Gasteiger partial charge in [-0.1, -0.05) is 49.1 Å². The number of benzene rings is 1. The van der Waals surface area contributed by atoms with E-state index in [-0.39, 0.29) is 5.91 Å². The molecular weight excluding hydrogens is 402 g/mol. The van der Waals surface area contributed by atoms with Gasteiger partial charge in [-0.3, -0.25) is 4.79 Å². The average molecular weight is 436 g/mol. The quantitative estimate of drug-likeness (QED) is 0.433. The molecule has 1 fully saturated rings. The predicted octanol–water partition coefficient (Wildman–Crippen LogP) is 5.78. The maximum atomic E-state index is 12.6. The van der Waals surface area contributed by atoms with Crippen LogP contribution in [0.15, 0.2) is 47.1 Å². The lowest BCUT2D eigenvalue weighted by atomic mass is 9.95. The number of aromatic nitrogens is 2. The zero-order valence-corrected chi connectivity index (χ0v) is 19.1. The Morgan fingerprint density at radius 1 is 1.16 bits per heavy atom. The smallest absolute Gasteiger partial charge is 0.287 e. The Morgan fingerprint density at radius 2 is 1.94 bits per heavy atom. The van der Waals surface area contributed by atoms with Crippen molar-refractivity contribution in [3.8, 4) is 22.7 Å². The van der Waals surface area contributed by atoms with Crippen LogP contribution < -0.4 is 5.32 Å². The number of rotatable bonds is 9. The van der Waals surface area contributed by atoms with E-state index in [1.54, 1.807) is 6.07 Å². The summed E-state index contributed by atoms with van der Waals surface area (Å²) < 4.78 is 13.7. The summed E-state index contributed by atoms with van der Waals surface area (Å²) in [6, 6.07) is 12.5. The summed E-state index contributed by atoms with van der Waals surface area (Å²) >= 11 is 0. The van der Waals surface area contributed by atoms with Gasteiger partial charge in [0.15, 0.2) is 11.5 Å². The lowest BCUT2D eigenvalue weighted by molar-refractivity contribution is 0.0917. The maximum Gasteiger partial charge on any atom is 0.287 e. The molecule has 170 valence electrons. The largest absolute Gasteiger partial charge is 0.449 e. The van der Waals surface area contributed by atoms with Crippen LogP contribution in [0.3, 0.4) is 0 Å².